The van der Waals surface area contributed by atoms with Crippen LogP contribution in [0.1, 0.15) is 33.7 Å². The minimum Gasteiger partial charge on any atom is -0.350 e. The van der Waals surface area contributed by atoms with E-state index in [1.807, 2.05) is 76.2 Å². The summed E-state index contributed by atoms with van der Waals surface area (Å²) < 4.78 is 1.77. The normalized spacial score (nSPS) is 13.0. The number of carbonyl (C=O) groups is 1. The molecule has 0 saturated heterocycles. The zero-order valence-corrected chi connectivity index (χ0v) is 15.6. The molecule has 0 bridgehead atoms. The van der Waals surface area contributed by atoms with Crippen LogP contribution in [0.25, 0.3) is 22.2 Å². The van der Waals surface area contributed by atoms with E-state index >= 15 is 0 Å². The van der Waals surface area contributed by atoms with Crippen LogP contribution in [0.15, 0.2) is 48.5 Å². The summed E-state index contributed by atoms with van der Waals surface area (Å²) in [5.41, 5.74) is 2.42. The fourth-order valence-corrected chi connectivity index (χ4v) is 2.97. The van der Waals surface area contributed by atoms with Gasteiger partial charge in [-0.05, 0) is 45.9 Å². The van der Waals surface area contributed by atoms with E-state index < -0.39 is 6.04 Å². The second-order valence-electron chi connectivity index (χ2n) is 7.24. The zero-order valence-electron chi connectivity index (χ0n) is 14.9. The van der Waals surface area contributed by atoms with Gasteiger partial charge < -0.3 is 5.32 Å². The molecule has 1 atom stereocenters. The number of halogens is 1. The molecule has 0 fully saturated rings. The number of nitrogens with one attached hydrogen (secondary N) is 1. The van der Waals surface area contributed by atoms with Crippen LogP contribution in [0.3, 0.4) is 0 Å². The summed E-state index contributed by atoms with van der Waals surface area (Å²) in [7, 11) is 0. The maximum absolute atomic E-state index is 12.6. The number of carbonyl (C=O) groups excluding carboxylic acids is 1. The van der Waals surface area contributed by atoms with Gasteiger partial charge in [-0.25, -0.2) is 0 Å². The Morgan fingerprint density at radius 2 is 1.84 bits per heavy atom. The number of rotatable bonds is 3. The van der Waals surface area contributed by atoms with Gasteiger partial charge in [0.1, 0.15) is 11.7 Å². The van der Waals surface area contributed by atoms with Crippen molar-refractivity contribution in [2.75, 3.05) is 0 Å². The third-order valence-electron chi connectivity index (χ3n) is 3.96. The van der Waals surface area contributed by atoms with E-state index in [-0.39, 0.29) is 11.4 Å². The molecule has 5 heteroatoms. The summed E-state index contributed by atoms with van der Waals surface area (Å²) in [6.45, 7) is 7.76. The first kappa shape index (κ1) is 17.5. The average molecular weight is 356 g/mol. The van der Waals surface area contributed by atoms with E-state index in [4.69, 9.17) is 16.7 Å². The maximum atomic E-state index is 12.6. The molecular weight excluding hydrogens is 334 g/mol. The van der Waals surface area contributed by atoms with Crippen LogP contribution in [0.4, 0.5) is 0 Å². The van der Waals surface area contributed by atoms with E-state index in [0.717, 1.165) is 22.2 Å². The lowest BCUT2D eigenvalue weighted by molar-refractivity contribution is -0.125. The SMILES string of the molecule is CC(C(=O)NC(C)(C)C)n1nc(-c2ccccc2)c2cc(Cl)ccc21. The highest BCUT2D eigenvalue weighted by atomic mass is 35.5. The molecule has 0 aliphatic carbocycles. The first-order chi connectivity index (χ1) is 11.8. The number of aromatic nitrogens is 2. The smallest absolute Gasteiger partial charge is 0.245 e. The number of amides is 1. The molecule has 1 unspecified atom stereocenters. The first-order valence-corrected chi connectivity index (χ1v) is 8.69. The third kappa shape index (κ3) is 3.69. The topological polar surface area (TPSA) is 46.9 Å². The second-order valence-corrected chi connectivity index (χ2v) is 7.67. The van der Waals surface area contributed by atoms with E-state index in [9.17, 15) is 4.79 Å². The van der Waals surface area contributed by atoms with Gasteiger partial charge in [-0.1, -0.05) is 41.9 Å². The lowest BCUT2D eigenvalue weighted by Crippen LogP contribution is -2.43. The lowest BCUT2D eigenvalue weighted by atomic mass is 10.1. The van der Waals surface area contributed by atoms with Gasteiger partial charge in [-0.2, -0.15) is 5.10 Å². The number of benzene rings is 2. The van der Waals surface area contributed by atoms with Crippen molar-refractivity contribution in [2.24, 2.45) is 0 Å². The monoisotopic (exact) mass is 355 g/mol. The van der Waals surface area contributed by atoms with Crippen LogP contribution < -0.4 is 5.32 Å². The first-order valence-electron chi connectivity index (χ1n) is 8.31. The van der Waals surface area contributed by atoms with Crippen molar-refractivity contribution >= 4 is 28.4 Å². The van der Waals surface area contributed by atoms with Gasteiger partial charge in [0.25, 0.3) is 0 Å². The molecule has 0 radical (unpaired) electrons. The van der Waals surface area contributed by atoms with E-state index in [1.54, 1.807) is 4.68 Å². The Morgan fingerprint density at radius 1 is 1.16 bits per heavy atom. The number of hydrogen-bond acceptors (Lipinski definition) is 2. The van der Waals surface area contributed by atoms with Gasteiger partial charge in [0, 0.05) is 21.5 Å². The molecule has 0 aliphatic rings. The Morgan fingerprint density at radius 3 is 2.48 bits per heavy atom. The molecule has 1 aromatic heterocycles. The van der Waals surface area contributed by atoms with Crippen LogP contribution in [-0.4, -0.2) is 21.2 Å². The molecule has 1 N–H and O–H groups in total. The lowest BCUT2D eigenvalue weighted by Gasteiger charge is -2.23. The quantitative estimate of drug-likeness (QED) is 0.731. The van der Waals surface area contributed by atoms with Crippen LogP contribution in [0.5, 0.6) is 0 Å². The van der Waals surface area contributed by atoms with Gasteiger partial charge in [-0.15, -0.1) is 0 Å². The summed E-state index contributed by atoms with van der Waals surface area (Å²) in [4.78, 5) is 12.6. The highest BCUT2D eigenvalue weighted by molar-refractivity contribution is 6.31. The molecular formula is C20H22ClN3O. The Bertz CT molecular complexity index is 910. The van der Waals surface area contributed by atoms with Gasteiger partial charge in [0.2, 0.25) is 5.91 Å². The van der Waals surface area contributed by atoms with Crippen molar-refractivity contribution in [3.8, 4) is 11.3 Å². The summed E-state index contributed by atoms with van der Waals surface area (Å²) in [6, 6.07) is 15.1. The van der Waals surface area contributed by atoms with Gasteiger partial charge >= 0.3 is 0 Å². The number of hydrogen-bond donors (Lipinski definition) is 1. The maximum Gasteiger partial charge on any atom is 0.245 e. The van der Waals surface area contributed by atoms with Crippen molar-refractivity contribution in [1.29, 1.82) is 0 Å². The van der Waals surface area contributed by atoms with Crippen molar-refractivity contribution in [2.45, 2.75) is 39.3 Å². The Balaban J connectivity index is 2.12. The summed E-state index contributed by atoms with van der Waals surface area (Å²) in [6.07, 6.45) is 0. The van der Waals surface area contributed by atoms with Crippen molar-refractivity contribution < 1.29 is 4.79 Å². The highest BCUT2D eigenvalue weighted by Crippen LogP contribution is 2.31. The van der Waals surface area contributed by atoms with Crippen LogP contribution in [0, 0.1) is 0 Å². The molecule has 130 valence electrons. The molecule has 0 spiro atoms. The van der Waals surface area contributed by atoms with Gasteiger partial charge in [-0.3, -0.25) is 9.48 Å². The fourth-order valence-electron chi connectivity index (χ4n) is 2.80. The summed E-state index contributed by atoms with van der Waals surface area (Å²) in [5, 5.41) is 9.35. The van der Waals surface area contributed by atoms with Gasteiger partial charge in [0.15, 0.2) is 0 Å². The molecule has 4 nitrogen and oxygen atoms in total. The third-order valence-corrected chi connectivity index (χ3v) is 4.20. The molecule has 3 aromatic rings. The number of nitrogens with zero attached hydrogens (tertiary/aromatic N) is 2. The minimum atomic E-state index is -0.430. The summed E-state index contributed by atoms with van der Waals surface area (Å²) >= 11 is 6.20. The largest absolute Gasteiger partial charge is 0.350 e. The standard InChI is InChI=1S/C20H22ClN3O/c1-13(19(25)22-20(2,3)4)24-17-11-10-15(21)12-16(17)18(23-24)14-8-6-5-7-9-14/h5-13H,1-4H3,(H,22,25). The number of fused-ring (bicyclic) bond motifs is 1. The van der Waals surface area contributed by atoms with E-state index in [1.165, 1.54) is 0 Å². The minimum absolute atomic E-state index is 0.0635. The van der Waals surface area contributed by atoms with Crippen molar-refractivity contribution in [3.63, 3.8) is 0 Å². The van der Waals surface area contributed by atoms with E-state index in [2.05, 4.69) is 5.32 Å². The predicted octanol–water partition coefficient (Wildman–Crippen LogP) is 4.83. The molecule has 1 amide bonds. The molecule has 2 aromatic carbocycles. The highest BCUT2D eigenvalue weighted by Gasteiger charge is 2.24. The Hall–Kier alpha value is -2.33. The second kappa shape index (κ2) is 6.52. The van der Waals surface area contributed by atoms with Crippen molar-refractivity contribution in [1.82, 2.24) is 15.1 Å². The Labute approximate surface area is 152 Å². The van der Waals surface area contributed by atoms with Crippen LogP contribution in [-0.2, 0) is 4.79 Å². The van der Waals surface area contributed by atoms with E-state index in [0.29, 0.717) is 5.02 Å². The molecule has 25 heavy (non-hydrogen) atoms. The molecule has 3 rings (SSSR count). The molecule has 0 aliphatic heterocycles. The Kier molecular flexibility index (Phi) is 4.56. The van der Waals surface area contributed by atoms with Crippen LogP contribution >= 0.6 is 11.6 Å². The fraction of sp³-hybridized carbons (Fsp3) is 0.300. The summed E-state index contributed by atoms with van der Waals surface area (Å²) in [5.74, 6) is -0.0635. The molecule has 1 heterocycles. The van der Waals surface area contributed by atoms with Gasteiger partial charge in [0.05, 0.1) is 5.52 Å². The van der Waals surface area contributed by atoms with Crippen molar-refractivity contribution in [3.05, 3.63) is 53.6 Å². The predicted molar refractivity (Wildman–Crippen MR) is 103 cm³/mol. The average Bonchev–Trinajstić information content (AvgIpc) is 2.92. The zero-order chi connectivity index (χ0) is 18.2. The molecule has 0 saturated carbocycles. The van der Waals surface area contributed by atoms with Crippen LogP contribution in [0.2, 0.25) is 5.02 Å².